The third-order valence-electron chi connectivity index (χ3n) is 9.36. The highest BCUT2D eigenvalue weighted by atomic mass is 32.2. The molecule has 0 radical (unpaired) electrons. The topological polar surface area (TPSA) is 70.2 Å². The van der Waals surface area contributed by atoms with Gasteiger partial charge in [-0.05, 0) is 87.5 Å². The Morgan fingerprint density at radius 1 is 0.804 bits per heavy atom. The number of likely N-dealkylation sites (tertiary alicyclic amines) is 2. The predicted molar refractivity (Wildman–Crippen MR) is 158 cm³/mol. The molecular weight excluding hydrogens is 636 g/mol. The second-order valence-corrected chi connectivity index (χ2v) is 14.3. The van der Waals surface area contributed by atoms with Crippen molar-refractivity contribution in [2.45, 2.75) is 73.8 Å². The van der Waals surface area contributed by atoms with Gasteiger partial charge in [0.05, 0.1) is 40.8 Å². The van der Waals surface area contributed by atoms with Crippen LogP contribution >= 0.6 is 0 Å². The highest BCUT2D eigenvalue weighted by Gasteiger charge is 2.42. The molecule has 0 aliphatic carbocycles. The van der Waals surface area contributed by atoms with Crippen LogP contribution in [0.1, 0.15) is 61.6 Å². The minimum absolute atomic E-state index is 0.0247. The molecule has 3 aliphatic heterocycles. The van der Waals surface area contributed by atoms with Crippen LogP contribution in [0, 0.1) is 0 Å². The molecule has 14 heteroatoms. The summed E-state index contributed by atoms with van der Waals surface area (Å²) in [6.45, 7) is 3.83. The summed E-state index contributed by atoms with van der Waals surface area (Å²) < 4.78 is 114. The minimum Gasteiger partial charge on any atom is -0.369 e. The molecule has 46 heavy (non-hydrogen) atoms. The Hall–Kier alpha value is -2.52. The fourth-order valence-corrected chi connectivity index (χ4v) is 8.46. The van der Waals surface area contributed by atoms with Gasteiger partial charge in [0.2, 0.25) is 10.0 Å². The van der Waals surface area contributed by atoms with Crippen LogP contribution in [0.25, 0.3) is 0 Å². The van der Waals surface area contributed by atoms with E-state index in [1.807, 2.05) is 4.90 Å². The summed E-state index contributed by atoms with van der Waals surface area (Å²) in [7, 11) is -4.38. The molecule has 2 aromatic rings. The first kappa shape index (κ1) is 34.8. The third kappa shape index (κ3) is 7.95. The van der Waals surface area contributed by atoms with Crippen molar-refractivity contribution in [3.63, 3.8) is 0 Å². The van der Waals surface area contributed by atoms with Crippen molar-refractivity contribution in [3.8, 4) is 0 Å². The molecule has 2 aromatic carbocycles. The molecule has 3 saturated heterocycles. The van der Waals surface area contributed by atoms with E-state index in [0.717, 1.165) is 60.6 Å². The lowest BCUT2D eigenvalue weighted by molar-refractivity contribution is -0.138. The zero-order valence-electron chi connectivity index (χ0n) is 25.5. The largest absolute Gasteiger partial charge is 0.416 e. The number of hydrogen-bond acceptors (Lipinski definition) is 6. The van der Waals surface area contributed by atoms with Gasteiger partial charge in [-0.25, -0.2) is 8.42 Å². The summed E-state index contributed by atoms with van der Waals surface area (Å²) in [6.07, 6.45) is -4.76. The fraction of sp³-hybridized carbons (Fsp3) is 0.594. The molecule has 0 spiro atoms. The highest BCUT2D eigenvalue weighted by Crippen LogP contribution is 2.39. The van der Waals surface area contributed by atoms with Crippen LogP contribution in [-0.4, -0.2) is 86.8 Å². The first-order chi connectivity index (χ1) is 21.7. The van der Waals surface area contributed by atoms with Crippen LogP contribution in [0.15, 0.2) is 53.4 Å². The van der Waals surface area contributed by atoms with Crippen molar-refractivity contribution in [1.29, 1.82) is 0 Å². The molecule has 1 atom stereocenters. The lowest BCUT2D eigenvalue weighted by atomic mass is 9.83. The predicted octanol–water partition coefficient (Wildman–Crippen LogP) is 5.94. The number of carbonyl (C=O) groups excluding carboxylic acids is 1. The van der Waals surface area contributed by atoms with Crippen LogP contribution in [0.3, 0.4) is 0 Å². The number of sulfonamides is 1. The molecule has 5 rings (SSSR count). The van der Waals surface area contributed by atoms with Crippen molar-refractivity contribution < 1.29 is 44.3 Å². The Bertz CT molecular complexity index is 1450. The number of halogens is 6. The van der Waals surface area contributed by atoms with E-state index in [0.29, 0.717) is 63.6 Å². The van der Waals surface area contributed by atoms with Crippen molar-refractivity contribution in [2.75, 3.05) is 52.4 Å². The molecule has 3 fully saturated rings. The van der Waals surface area contributed by atoms with Crippen molar-refractivity contribution in [2.24, 2.45) is 0 Å². The van der Waals surface area contributed by atoms with Crippen molar-refractivity contribution in [1.82, 2.24) is 14.1 Å². The van der Waals surface area contributed by atoms with Gasteiger partial charge in [-0.2, -0.15) is 30.6 Å². The highest BCUT2D eigenvalue weighted by molar-refractivity contribution is 7.89. The number of carbonyl (C=O) groups is 1. The van der Waals surface area contributed by atoms with E-state index >= 15 is 0 Å². The van der Waals surface area contributed by atoms with Crippen molar-refractivity contribution >= 4 is 15.8 Å². The minimum atomic E-state index is -4.72. The lowest BCUT2D eigenvalue weighted by Gasteiger charge is -2.43. The Labute approximate surface area is 265 Å². The van der Waals surface area contributed by atoms with E-state index in [9.17, 15) is 39.6 Å². The van der Waals surface area contributed by atoms with Gasteiger partial charge in [-0.15, -0.1) is 0 Å². The summed E-state index contributed by atoms with van der Waals surface area (Å²) >= 11 is 0. The molecule has 0 N–H and O–H groups in total. The summed E-state index contributed by atoms with van der Waals surface area (Å²) in [5, 5.41) is 0. The second kappa shape index (κ2) is 13.9. The smallest absolute Gasteiger partial charge is 0.369 e. The van der Waals surface area contributed by atoms with Crippen LogP contribution in [0.2, 0.25) is 0 Å². The maximum absolute atomic E-state index is 13.6. The van der Waals surface area contributed by atoms with Gasteiger partial charge in [0.25, 0.3) is 0 Å². The first-order valence-electron chi connectivity index (χ1n) is 15.7. The van der Waals surface area contributed by atoms with Gasteiger partial charge in [0.15, 0.2) is 5.78 Å². The summed E-state index contributed by atoms with van der Waals surface area (Å²) in [6, 6.07) is 7.56. The number of benzene rings is 2. The molecule has 7 nitrogen and oxygen atoms in total. The normalized spacial score (nSPS) is 22.3. The van der Waals surface area contributed by atoms with E-state index in [1.54, 1.807) is 0 Å². The van der Waals surface area contributed by atoms with E-state index < -0.39 is 50.0 Å². The number of piperidine rings is 2. The number of alkyl halides is 6. The van der Waals surface area contributed by atoms with Gasteiger partial charge < -0.3 is 9.64 Å². The first-order valence-corrected chi connectivity index (χ1v) is 17.1. The van der Waals surface area contributed by atoms with E-state index in [1.165, 1.54) is 12.1 Å². The summed E-state index contributed by atoms with van der Waals surface area (Å²) in [4.78, 5) is 17.3. The molecule has 254 valence electrons. The molecule has 3 heterocycles. The molecule has 1 unspecified atom stereocenters. The second-order valence-electron chi connectivity index (χ2n) is 12.4. The quantitative estimate of drug-likeness (QED) is 0.291. The van der Waals surface area contributed by atoms with Gasteiger partial charge in [0, 0.05) is 26.2 Å². The third-order valence-corrected chi connectivity index (χ3v) is 11.3. The molecular formula is C32H39F6N3O4S. The van der Waals surface area contributed by atoms with E-state index in [4.69, 9.17) is 4.74 Å². The zero-order chi connectivity index (χ0) is 33.2. The zero-order valence-corrected chi connectivity index (χ0v) is 26.3. The number of ether oxygens (including phenoxy) is 1. The average molecular weight is 676 g/mol. The summed E-state index contributed by atoms with van der Waals surface area (Å²) in [5.41, 5.74) is -2.03. The van der Waals surface area contributed by atoms with E-state index in [2.05, 4.69) is 4.90 Å². The number of nitrogens with zero attached hydrogens (tertiary/aromatic N) is 3. The van der Waals surface area contributed by atoms with Crippen LogP contribution in [0.5, 0.6) is 0 Å². The number of Topliss-reactive ketones (excluding diaryl/α,β-unsaturated/α-hetero) is 1. The van der Waals surface area contributed by atoms with Crippen LogP contribution in [0.4, 0.5) is 26.3 Å². The maximum atomic E-state index is 13.6. The molecule has 0 amide bonds. The van der Waals surface area contributed by atoms with Gasteiger partial charge >= 0.3 is 12.4 Å². The monoisotopic (exact) mass is 675 g/mol. The van der Waals surface area contributed by atoms with Gasteiger partial charge in [-0.3, -0.25) is 9.69 Å². The van der Waals surface area contributed by atoms with Gasteiger partial charge in [0.1, 0.15) is 0 Å². The Morgan fingerprint density at radius 2 is 1.43 bits per heavy atom. The molecule has 0 bridgehead atoms. The van der Waals surface area contributed by atoms with Crippen molar-refractivity contribution in [3.05, 3.63) is 65.2 Å². The van der Waals surface area contributed by atoms with Crippen LogP contribution in [-0.2, 0) is 37.5 Å². The van der Waals surface area contributed by atoms with Crippen LogP contribution < -0.4 is 0 Å². The molecule has 3 aliphatic rings. The fourth-order valence-electron chi connectivity index (χ4n) is 6.74. The average Bonchev–Trinajstić information content (AvgIpc) is 3.55. The standard InChI is InChI=1S/C32H39F6N3O4S/c33-31(34,35)25-11-9-24(10-12-25)30(45-21-20-39-15-3-4-16-39)13-18-40(19-14-30)23-29(42)28-8-1-2-17-41(28)46(43,44)27-7-5-6-26(22-27)32(36,37)38/h5-7,9-12,22,28H,1-4,8,13-21,23H2. The number of hydrogen-bond donors (Lipinski definition) is 0. The number of ketones is 1. The molecule has 0 saturated carbocycles. The lowest BCUT2D eigenvalue weighted by Crippen LogP contribution is -2.52. The van der Waals surface area contributed by atoms with E-state index in [-0.39, 0.29) is 25.3 Å². The Morgan fingerprint density at radius 3 is 2.07 bits per heavy atom. The molecule has 0 aromatic heterocycles. The SMILES string of the molecule is O=C(CN1CCC(OCCN2CCCC2)(c2ccc(C(F)(F)F)cc2)CC1)C1CCCCN1S(=O)(=O)c1cccc(C(F)(F)F)c1. The maximum Gasteiger partial charge on any atom is 0.416 e. The Kier molecular flexibility index (Phi) is 10.5. The Balaban J connectivity index is 1.27. The summed E-state index contributed by atoms with van der Waals surface area (Å²) in [5.74, 6) is -0.341. The van der Waals surface area contributed by atoms with Gasteiger partial charge in [-0.1, -0.05) is 24.6 Å². The number of rotatable bonds is 10.